The number of H-pyrrole nitrogens is 1. The summed E-state index contributed by atoms with van der Waals surface area (Å²) in [6.07, 6.45) is 1.73. The van der Waals surface area contributed by atoms with Crippen LogP contribution in [0, 0.1) is 0 Å². The van der Waals surface area contributed by atoms with Gasteiger partial charge in [0.25, 0.3) is 0 Å². The second-order valence-corrected chi connectivity index (χ2v) is 5.53. The summed E-state index contributed by atoms with van der Waals surface area (Å²) in [6.45, 7) is 1.09. The largest absolute Gasteiger partial charge is 0.486 e. The number of halogens is 1. The lowest BCUT2D eigenvalue weighted by Gasteiger charge is -2.21. The topological polar surface area (TPSA) is 71.2 Å². The number of benzene rings is 1. The molecule has 0 spiro atoms. The molecule has 4 rings (SSSR count). The first-order valence-corrected chi connectivity index (χ1v) is 7.65. The molecule has 23 heavy (non-hydrogen) atoms. The fourth-order valence-electron chi connectivity index (χ4n) is 2.67. The molecule has 1 aliphatic rings. The number of hydrogen-bond donors (Lipinski definition) is 3. The van der Waals surface area contributed by atoms with Crippen LogP contribution in [0.2, 0.25) is 5.02 Å². The molecule has 1 aliphatic heterocycles. The summed E-state index contributed by atoms with van der Waals surface area (Å²) in [5.41, 5.74) is 2.42. The van der Waals surface area contributed by atoms with Gasteiger partial charge in [-0.15, -0.1) is 0 Å². The first-order valence-electron chi connectivity index (χ1n) is 7.27. The van der Waals surface area contributed by atoms with Crippen LogP contribution in [0.25, 0.3) is 11.0 Å². The molecule has 0 amide bonds. The number of aromatic amines is 1. The van der Waals surface area contributed by atoms with Crippen LogP contribution >= 0.6 is 11.6 Å². The summed E-state index contributed by atoms with van der Waals surface area (Å²) >= 11 is 6.20. The third-order valence-corrected chi connectivity index (χ3v) is 3.99. The molecule has 0 saturated carbocycles. The molecular formula is C16H15ClN4O2. The van der Waals surface area contributed by atoms with Crippen LogP contribution in [0.3, 0.4) is 0 Å². The molecule has 0 radical (unpaired) electrons. The summed E-state index contributed by atoms with van der Waals surface area (Å²) in [5, 5.41) is 7.94. The number of aromatic nitrogens is 2. The lowest BCUT2D eigenvalue weighted by atomic mass is 10.2. The Morgan fingerprint density at radius 1 is 1.22 bits per heavy atom. The smallest absolute Gasteiger partial charge is 0.184 e. The maximum atomic E-state index is 6.20. The number of fused-ring (bicyclic) bond motifs is 2. The molecular weight excluding hydrogens is 316 g/mol. The van der Waals surface area contributed by atoms with Gasteiger partial charge in [0.15, 0.2) is 11.5 Å². The van der Waals surface area contributed by atoms with Gasteiger partial charge in [-0.1, -0.05) is 17.7 Å². The molecule has 0 unspecified atom stereocenters. The van der Waals surface area contributed by atoms with E-state index >= 15 is 0 Å². The van der Waals surface area contributed by atoms with Crippen LogP contribution in [0.15, 0.2) is 30.5 Å². The quantitative estimate of drug-likeness (QED) is 0.682. The van der Waals surface area contributed by atoms with Crippen molar-refractivity contribution in [3.8, 4) is 11.5 Å². The van der Waals surface area contributed by atoms with E-state index in [9.17, 15) is 0 Å². The third-order valence-electron chi connectivity index (χ3n) is 3.69. The number of hydrogen-bond acceptors (Lipinski definition) is 5. The van der Waals surface area contributed by atoms with Gasteiger partial charge in [0.05, 0.1) is 21.8 Å². The Labute approximate surface area is 137 Å². The van der Waals surface area contributed by atoms with E-state index in [0.717, 1.165) is 22.5 Å². The maximum Gasteiger partial charge on any atom is 0.184 e. The number of ether oxygens (including phenoxy) is 2. The van der Waals surface area contributed by atoms with Crippen molar-refractivity contribution >= 4 is 39.8 Å². The lowest BCUT2D eigenvalue weighted by molar-refractivity contribution is 0.172. The van der Waals surface area contributed by atoms with Crippen molar-refractivity contribution in [2.45, 2.75) is 0 Å². The molecule has 6 nitrogen and oxygen atoms in total. The minimum atomic E-state index is 0.534. The summed E-state index contributed by atoms with van der Waals surface area (Å²) in [4.78, 5) is 7.63. The molecule has 3 N–H and O–H groups in total. The Morgan fingerprint density at radius 3 is 2.96 bits per heavy atom. The minimum absolute atomic E-state index is 0.534. The highest BCUT2D eigenvalue weighted by Gasteiger charge is 2.17. The highest BCUT2D eigenvalue weighted by molar-refractivity contribution is 6.36. The van der Waals surface area contributed by atoms with Gasteiger partial charge in [-0.05, 0) is 12.1 Å². The second kappa shape index (κ2) is 5.55. The number of nitrogens with zero attached hydrogens (tertiary/aromatic N) is 1. The fraction of sp³-hybridized carbons (Fsp3) is 0.188. The first kappa shape index (κ1) is 14.0. The number of anilines is 3. The molecule has 0 fully saturated rings. The van der Waals surface area contributed by atoms with Gasteiger partial charge in [0.1, 0.15) is 24.7 Å². The van der Waals surface area contributed by atoms with Crippen LogP contribution in [0.4, 0.5) is 17.2 Å². The van der Waals surface area contributed by atoms with E-state index < -0.39 is 0 Å². The Balaban J connectivity index is 1.76. The zero-order chi connectivity index (χ0) is 15.8. The molecule has 2 aromatic heterocycles. The summed E-state index contributed by atoms with van der Waals surface area (Å²) in [5.74, 6) is 2.12. The van der Waals surface area contributed by atoms with E-state index in [1.807, 2.05) is 31.3 Å². The molecule has 0 bridgehead atoms. The average molecular weight is 331 g/mol. The number of pyridine rings is 1. The standard InChI is InChI=1S/C16H15ClN4O2/c1-18-11-7-13(21-16-14(11)9(17)8-19-16)20-10-3-2-4-12-15(10)23-6-5-22-12/h2-4,7-8H,5-6H2,1H3,(H3,18,19,20,21). The molecule has 3 heterocycles. The van der Waals surface area contributed by atoms with Gasteiger partial charge in [0, 0.05) is 19.3 Å². The zero-order valence-corrected chi connectivity index (χ0v) is 13.2. The lowest BCUT2D eigenvalue weighted by Crippen LogP contribution is -2.16. The Morgan fingerprint density at radius 2 is 2.09 bits per heavy atom. The normalized spacial score (nSPS) is 13.1. The van der Waals surface area contributed by atoms with Crippen molar-refractivity contribution in [1.29, 1.82) is 0 Å². The van der Waals surface area contributed by atoms with Gasteiger partial charge in [0.2, 0.25) is 0 Å². The van der Waals surface area contributed by atoms with Crippen LogP contribution in [0.1, 0.15) is 0 Å². The predicted molar refractivity (Wildman–Crippen MR) is 91.4 cm³/mol. The van der Waals surface area contributed by atoms with Crippen LogP contribution in [-0.2, 0) is 0 Å². The Bertz CT molecular complexity index is 878. The Kier molecular flexibility index (Phi) is 3.38. The molecule has 0 aliphatic carbocycles. The molecule has 1 aromatic carbocycles. The van der Waals surface area contributed by atoms with Crippen molar-refractivity contribution in [3.05, 3.63) is 35.5 Å². The van der Waals surface area contributed by atoms with Gasteiger partial charge in [-0.3, -0.25) is 0 Å². The molecule has 3 aromatic rings. The summed E-state index contributed by atoms with van der Waals surface area (Å²) in [7, 11) is 1.85. The van der Waals surface area contributed by atoms with Crippen LogP contribution in [0.5, 0.6) is 11.5 Å². The van der Waals surface area contributed by atoms with Crippen molar-refractivity contribution in [2.75, 3.05) is 30.9 Å². The van der Waals surface area contributed by atoms with Gasteiger partial charge >= 0.3 is 0 Å². The predicted octanol–water partition coefficient (Wildman–Crippen LogP) is 3.77. The molecule has 118 valence electrons. The number of rotatable bonds is 3. The van der Waals surface area contributed by atoms with Crippen molar-refractivity contribution in [1.82, 2.24) is 9.97 Å². The van der Waals surface area contributed by atoms with E-state index in [1.54, 1.807) is 6.20 Å². The summed E-state index contributed by atoms with van der Waals surface area (Å²) < 4.78 is 11.3. The monoisotopic (exact) mass is 330 g/mol. The average Bonchev–Trinajstić information content (AvgIpc) is 2.96. The molecule has 7 heteroatoms. The van der Waals surface area contributed by atoms with Crippen LogP contribution < -0.4 is 20.1 Å². The zero-order valence-electron chi connectivity index (χ0n) is 12.4. The van der Waals surface area contributed by atoms with Gasteiger partial charge in [-0.2, -0.15) is 0 Å². The van der Waals surface area contributed by atoms with Crippen molar-refractivity contribution in [2.24, 2.45) is 0 Å². The van der Waals surface area contributed by atoms with E-state index in [1.165, 1.54) is 0 Å². The highest BCUT2D eigenvalue weighted by Crippen LogP contribution is 2.39. The highest BCUT2D eigenvalue weighted by atomic mass is 35.5. The van der Waals surface area contributed by atoms with E-state index in [2.05, 4.69) is 20.6 Å². The molecule has 0 saturated heterocycles. The summed E-state index contributed by atoms with van der Waals surface area (Å²) in [6, 6.07) is 7.64. The SMILES string of the molecule is CNc1cc(Nc2cccc3c2OCCO3)nc2[nH]cc(Cl)c12. The number of para-hydroxylation sites is 1. The van der Waals surface area contributed by atoms with Gasteiger partial charge in [-0.25, -0.2) is 4.98 Å². The molecule has 0 atom stereocenters. The van der Waals surface area contributed by atoms with Crippen LogP contribution in [-0.4, -0.2) is 30.2 Å². The second-order valence-electron chi connectivity index (χ2n) is 5.12. The van der Waals surface area contributed by atoms with Crippen molar-refractivity contribution in [3.63, 3.8) is 0 Å². The first-order chi connectivity index (χ1) is 11.3. The van der Waals surface area contributed by atoms with Crippen molar-refractivity contribution < 1.29 is 9.47 Å². The minimum Gasteiger partial charge on any atom is -0.486 e. The third kappa shape index (κ3) is 2.41. The van der Waals surface area contributed by atoms with Gasteiger partial charge < -0.3 is 25.1 Å². The number of nitrogens with one attached hydrogen (secondary N) is 3. The van der Waals surface area contributed by atoms with E-state index in [0.29, 0.717) is 35.5 Å². The van der Waals surface area contributed by atoms with E-state index in [-0.39, 0.29) is 0 Å². The fourth-order valence-corrected chi connectivity index (χ4v) is 2.91. The van der Waals surface area contributed by atoms with E-state index in [4.69, 9.17) is 21.1 Å². The maximum absolute atomic E-state index is 6.20. The Hall–Kier alpha value is -2.60.